The van der Waals surface area contributed by atoms with Gasteiger partial charge in [-0.15, -0.1) is 0 Å². The van der Waals surface area contributed by atoms with Crippen LogP contribution in [0, 0.1) is 5.82 Å². The number of aliphatic imine (C=N–C) groups is 1. The second-order valence-electron chi connectivity index (χ2n) is 5.15. The normalized spacial score (nSPS) is 13.6. The number of carbonyl (C=O) groups excluding carboxylic acids is 1. The molecular weight excluding hydrogens is 317 g/mol. The molecule has 1 aliphatic rings. The van der Waals surface area contributed by atoms with Crippen molar-refractivity contribution < 1.29 is 9.18 Å². The number of nitrogens with one attached hydrogen (secondary N) is 1. The molecule has 1 aliphatic heterocycles. The van der Waals surface area contributed by atoms with Gasteiger partial charge in [0.15, 0.2) is 0 Å². The monoisotopic (exact) mass is 331 g/mol. The Bertz CT molecular complexity index is 746. The number of rotatable bonds is 2. The van der Waals surface area contributed by atoms with Crippen LogP contribution >= 0.6 is 11.6 Å². The molecule has 0 unspecified atom stereocenters. The number of amidine groups is 1. The third-order valence-electron chi connectivity index (χ3n) is 3.48. The highest BCUT2D eigenvalue weighted by Crippen LogP contribution is 2.22. The van der Waals surface area contributed by atoms with E-state index >= 15 is 0 Å². The van der Waals surface area contributed by atoms with Gasteiger partial charge in [-0.2, -0.15) is 0 Å². The van der Waals surface area contributed by atoms with Gasteiger partial charge in [0, 0.05) is 23.7 Å². The van der Waals surface area contributed by atoms with Gasteiger partial charge in [-0.3, -0.25) is 9.89 Å². The molecule has 0 fully saturated rings. The van der Waals surface area contributed by atoms with Crippen molar-refractivity contribution in [2.75, 3.05) is 16.8 Å². The summed E-state index contributed by atoms with van der Waals surface area (Å²) in [5, 5.41) is 3.38. The number of nitrogens with zero attached hydrogens (tertiary/aromatic N) is 2. The summed E-state index contributed by atoms with van der Waals surface area (Å²) in [7, 11) is 0. The molecule has 23 heavy (non-hydrogen) atoms. The van der Waals surface area contributed by atoms with Crippen molar-refractivity contribution in [1.29, 1.82) is 0 Å². The first-order chi connectivity index (χ1) is 11.1. The molecule has 1 heterocycles. The Labute approximate surface area is 138 Å². The van der Waals surface area contributed by atoms with E-state index in [1.165, 1.54) is 17.0 Å². The Balaban J connectivity index is 1.88. The fourth-order valence-electron chi connectivity index (χ4n) is 2.42. The highest BCUT2D eigenvalue weighted by molar-refractivity contribution is 6.30. The smallest absolute Gasteiger partial charge is 0.307 e. The molecule has 0 bridgehead atoms. The molecule has 118 valence electrons. The number of halogens is 2. The van der Waals surface area contributed by atoms with Crippen LogP contribution in [0.5, 0.6) is 0 Å². The SMILES string of the molecule is O=C(Nc1ccc(Cl)cc1)N(C1=NCCC1)c1cccc(F)c1. The number of carbonyl (C=O) groups is 1. The minimum absolute atomic E-state index is 0.376. The van der Waals surface area contributed by atoms with E-state index in [0.29, 0.717) is 35.2 Å². The maximum Gasteiger partial charge on any atom is 0.331 e. The van der Waals surface area contributed by atoms with Crippen LogP contribution in [0.1, 0.15) is 12.8 Å². The van der Waals surface area contributed by atoms with Crippen LogP contribution in [-0.4, -0.2) is 18.4 Å². The fraction of sp³-hybridized carbons (Fsp3) is 0.176. The van der Waals surface area contributed by atoms with Crippen molar-refractivity contribution in [2.45, 2.75) is 12.8 Å². The van der Waals surface area contributed by atoms with Gasteiger partial charge in [-0.25, -0.2) is 9.18 Å². The molecule has 1 N–H and O–H groups in total. The van der Waals surface area contributed by atoms with Gasteiger partial charge in [0.2, 0.25) is 0 Å². The lowest BCUT2D eigenvalue weighted by molar-refractivity contribution is 0.259. The quantitative estimate of drug-likeness (QED) is 0.851. The van der Waals surface area contributed by atoms with Gasteiger partial charge in [0.1, 0.15) is 11.7 Å². The zero-order chi connectivity index (χ0) is 16.2. The summed E-state index contributed by atoms with van der Waals surface area (Å²) in [5.74, 6) is 0.243. The molecule has 0 spiro atoms. The largest absolute Gasteiger partial charge is 0.331 e. The number of anilines is 2. The second kappa shape index (κ2) is 6.79. The predicted octanol–water partition coefficient (Wildman–Crippen LogP) is 4.71. The molecule has 4 nitrogen and oxygen atoms in total. The summed E-state index contributed by atoms with van der Waals surface area (Å²) in [6.45, 7) is 0.676. The first-order valence-electron chi connectivity index (χ1n) is 7.29. The average Bonchev–Trinajstić information content (AvgIpc) is 3.04. The maximum atomic E-state index is 13.5. The summed E-state index contributed by atoms with van der Waals surface area (Å²) >= 11 is 5.84. The van der Waals surface area contributed by atoms with E-state index < -0.39 is 5.82 Å². The molecule has 2 amide bonds. The molecular formula is C17H15ClFN3O. The zero-order valence-corrected chi connectivity index (χ0v) is 13.1. The number of urea groups is 1. The first-order valence-corrected chi connectivity index (χ1v) is 7.67. The Morgan fingerprint density at radius 1 is 1.22 bits per heavy atom. The molecule has 2 aromatic carbocycles. The van der Waals surface area contributed by atoms with Crippen molar-refractivity contribution in [1.82, 2.24) is 0 Å². The third-order valence-corrected chi connectivity index (χ3v) is 3.73. The number of hydrogen-bond acceptors (Lipinski definition) is 2. The van der Waals surface area contributed by atoms with Crippen molar-refractivity contribution in [3.63, 3.8) is 0 Å². The van der Waals surface area contributed by atoms with E-state index in [0.717, 1.165) is 6.42 Å². The van der Waals surface area contributed by atoms with E-state index in [9.17, 15) is 9.18 Å². The van der Waals surface area contributed by atoms with Crippen LogP contribution in [0.15, 0.2) is 53.5 Å². The molecule has 0 saturated carbocycles. The Kier molecular flexibility index (Phi) is 4.57. The molecule has 2 aromatic rings. The number of amides is 2. The van der Waals surface area contributed by atoms with Gasteiger partial charge in [-0.1, -0.05) is 17.7 Å². The molecule has 0 saturated heterocycles. The standard InChI is InChI=1S/C17H15ClFN3O/c18-12-6-8-14(9-7-12)21-17(23)22(16-5-2-10-20-16)15-4-1-3-13(19)11-15/h1,3-4,6-9,11H,2,5,10H2,(H,21,23). The van der Waals surface area contributed by atoms with Crippen molar-refractivity contribution in [3.05, 3.63) is 59.4 Å². The van der Waals surface area contributed by atoms with E-state index in [4.69, 9.17) is 11.6 Å². The Morgan fingerprint density at radius 3 is 2.65 bits per heavy atom. The summed E-state index contributed by atoms with van der Waals surface area (Å²) in [5.41, 5.74) is 1.07. The van der Waals surface area contributed by atoms with E-state index in [1.807, 2.05) is 0 Å². The maximum absolute atomic E-state index is 13.5. The summed E-state index contributed by atoms with van der Waals surface area (Å²) in [6, 6.07) is 12.3. The second-order valence-corrected chi connectivity index (χ2v) is 5.59. The van der Waals surface area contributed by atoms with Crippen LogP contribution in [-0.2, 0) is 0 Å². The van der Waals surface area contributed by atoms with Gasteiger partial charge < -0.3 is 5.32 Å². The van der Waals surface area contributed by atoms with Gasteiger partial charge in [-0.05, 0) is 48.9 Å². The summed E-state index contributed by atoms with van der Waals surface area (Å²) < 4.78 is 13.5. The minimum atomic E-state index is -0.398. The van der Waals surface area contributed by atoms with Crippen LogP contribution in [0.3, 0.4) is 0 Å². The zero-order valence-electron chi connectivity index (χ0n) is 12.3. The lowest BCUT2D eigenvalue weighted by Crippen LogP contribution is -2.39. The van der Waals surface area contributed by atoms with Crippen LogP contribution in [0.25, 0.3) is 0 Å². The van der Waals surface area contributed by atoms with E-state index in [-0.39, 0.29) is 6.03 Å². The third kappa shape index (κ3) is 3.68. The molecule has 6 heteroatoms. The first kappa shape index (κ1) is 15.5. The summed E-state index contributed by atoms with van der Waals surface area (Å²) in [6.07, 6.45) is 1.57. The van der Waals surface area contributed by atoms with Crippen LogP contribution in [0.2, 0.25) is 5.02 Å². The Hall–Kier alpha value is -2.40. The highest BCUT2D eigenvalue weighted by atomic mass is 35.5. The molecule has 0 radical (unpaired) electrons. The lowest BCUT2D eigenvalue weighted by atomic mass is 10.2. The molecule has 0 aromatic heterocycles. The van der Waals surface area contributed by atoms with Crippen molar-refractivity contribution >= 4 is 34.8 Å². The predicted molar refractivity (Wildman–Crippen MR) is 90.9 cm³/mol. The van der Waals surface area contributed by atoms with Gasteiger partial charge >= 0.3 is 6.03 Å². The lowest BCUT2D eigenvalue weighted by Gasteiger charge is -2.23. The highest BCUT2D eigenvalue weighted by Gasteiger charge is 2.24. The topological polar surface area (TPSA) is 44.7 Å². The number of benzene rings is 2. The number of hydrogen-bond donors (Lipinski definition) is 1. The van der Waals surface area contributed by atoms with E-state index in [1.54, 1.807) is 36.4 Å². The van der Waals surface area contributed by atoms with Gasteiger partial charge in [0.05, 0.1) is 5.69 Å². The van der Waals surface area contributed by atoms with E-state index in [2.05, 4.69) is 10.3 Å². The van der Waals surface area contributed by atoms with Crippen LogP contribution in [0.4, 0.5) is 20.6 Å². The van der Waals surface area contributed by atoms with Crippen molar-refractivity contribution in [3.8, 4) is 0 Å². The van der Waals surface area contributed by atoms with Crippen molar-refractivity contribution in [2.24, 2.45) is 4.99 Å². The van der Waals surface area contributed by atoms with Gasteiger partial charge in [0.25, 0.3) is 0 Å². The molecule has 0 aliphatic carbocycles. The Morgan fingerprint density at radius 2 is 2.00 bits per heavy atom. The summed E-state index contributed by atoms with van der Waals surface area (Å²) in [4.78, 5) is 18.5. The van der Waals surface area contributed by atoms with Crippen LogP contribution < -0.4 is 10.2 Å². The minimum Gasteiger partial charge on any atom is -0.307 e. The average molecular weight is 332 g/mol. The fourth-order valence-corrected chi connectivity index (χ4v) is 2.54. The molecule has 3 rings (SSSR count). The molecule has 0 atom stereocenters.